The van der Waals surface area contributed by atoms with Gasteiger partial charge < -0.3 is 20.6 Å². The third-order valence-corrected chi connectivity index (χ3v) is 3.13. The Morgan fingerprint density at radius 2 is 2.00 bits per heavy atom. The average molecular weight is 320 g/mol. The van der Waals surface area contributed by atoms with E-state index in [1.165, 1.54) is 6.92 Å². The molecule has 2 unspecified atom stereocenters. The maximum atomic E-state index is 13.8. The summed E-state index contributed by atoms with van der Waals surface area (Å²) in [6, 6.07) is 1.65. The van der Waals surface area contributed by atoms with Gasteiger partial charge in [0.1, 0.15) is 11.9 Å². The minimum Gasteiger partial charge on any atom is -0.478 e. The third-order valence-electron chi connectivity index (χ3n) is 2.81. The van der Waals surface area contributed by atoms with Gasteiger partial charge in [0.15, 0.2) is 0 Å². The lowest BCUT2D eigenvalue weighted by Gasteiger charge is -2.19. The van der Waals surface area contributed by atoms with Crippen LogP contribution in [0.2, 0.25) is 5.02 Å². The Kier molecular flexibility index (Phi) is 6.07. The zero-order valence-corrected chi connectivity index (χ0v) is 11.9. The molecule has 0 heterocycles. The van der Waals surface area contributed by atoms with Gasteiger partial charge in [-0.3, -0.25) is 4.79 Å². The van der Waals surface area contributed by atoms with Crippen molar-refractivity contribution in [3.63, 3.8) is 0 Å². The van der Waals surface area contributed by atoms with Crippen molar-refractivity contribution >= 4 is 23.5 Å². The summed E-state index contributed by atoms with van der Waals surface area (Å²) < 4.78 is 13.8. The molecule has 0 aliphatic rings. The molecular weight excluding hydrogens is 305 g/mol. The van der Waals surface area contributed by atoms with Crippen molar-refractivity contribution in [1.82, 2.24) is 5.32 Å². The highest BCUT2D eigenvalue weighted by atomic mass is 35.5. The van der Waals surface area contributed by atoms with Gasteiger partial charge in [-0.1, -0.05) is 11.6 Å². The van der Waals surface area contributed by atoms with E-state index in [2.05, 4.69) is 5.32 Å². The SMILES string of the molecule is CC(=O)NCCC(O)C(O)c1cc(Cl)c(C(=O)O)cc1F. The number of hydrogen-bond donors (Lipinski definition) is 4. The van der Waals surface area contributed by atoms with Crippen molar-refractivity contribution in [3.8, 4) is 0 Å². The van der Waals surface area contributed by atoms with Gasteiger partial charge in [-0.05, 0) is 18.6 Å². The van der Waals surface area contributed by atoms with Gasteiger partial charge in [0, 0.05) is 19.0 Å². The lowest BCUT2D eigenvalue weighted by Crippen LogP contribution is -2.28. The number of halogens is 2. The van der Waals surface area contributed by atoms with Crippen LogP contribution in [0.25, 0.3) is 0 Å². The van der Waals surface area contributed by atoms with E-state index in [-0.39, 0.29) is 29.5 Å². The number of carbonyl (C=O) groups excluding carboxylic acids is 1. The van der Waals surface area contributed by atoms with Crippen molar-refractivity contribution in [3.05, 3.63) is 34.1 Å². The molecule has 8 heteroatoms. The van der Waals surface area contributed by atoms with Crippen LogP contribution in [0.15, 0.2) is 12.1 Å². The molecule has 0 aromatic heterocycles. The number of carboxylic acids is 1. The summed E-state index contributed by atoms with van der Waals surface area (Å²) in [4.78, 5) is 21.5. The number of aliphatic hydroxyl groups excluding tert-OH is 2. The molecule has 0 bridgehead atoms. The van der Waals surface area contributed by atoms with Crippen LogP contribution in [0, 0.1) is 5.82 Å². The number of hydrogen-bond acceptors (Lipinski definition) is 4. The first-order chi connectivity index (χ1) is 9.73. The van der Waals surface area contributed by atoms with E-state index < -0.39 is 29.6 Å². The van der Waals surface area contributed by atoms with E-state index >= 15 is 0 Å². The molecule has 0 radical (unpaired) electrons. The standard InChI is InChI=1S/C13H15ClFNO5/c1-6(17)16-3-2-11(18)12(19)8-4-9(14)7(13(20)21)5-10(8)15/h4-5,11-12,18-19H,2-3H2,1H3,(H,16,17)(H,20,21). The summed E-state index contributed by atoms with van der Waals surface area (Å²) in [5.41, 5.74) is -0.738. The maximum Gasteiger partial charge on any atom is 0.337 e. The zero-order chi connectivity index (χ0) is 16.2. The summed E-state index contributed by atoms with van der Waals surface area (Å²) in [6.45, 7) is 1.41. The summed E-state index contributed by atoms with van der Waals surface area (Å²) in [5.74, 6) is -2.68. The Balaban J connectivity index is 2.87. The maximum absolute atomic E-state index is 13.8. The number of carbonyl (C=O) groups is 2. The first-order valence-electron chi connectivity index (χ1n) is 6.06. The quantitative estimate of drug-likeness (QED) is 0.628. The van der Waals surface area contributed by atoms with E-state index in [4.69, 9.17) is 16.7 Å². The fourth-order valence-electron chi connectivity index (χ4n) is 1.71. The highest BCUT2D eigenvalue weighted by molar-refractivity contribution is 6.33. The molecular formula is C13H15ClFNO5. The van der Waals surface area contributed by atoms with Crippen molar-refractivity contribution in [2.75, 3.05) is 6.54 Å². The van der Waals surface area contributed by atoms with Gasteiger partial charge in [0.25, 0.3) is 0 Å². The zero-order valence-electron chi connectivity index (χ0n) is 11.1. The Morgan fingerprint density at radius 3 is 2.52 bits per heavy atom. The number of aliphatic hydroxyl groups is 2. The van der Waals surface area contributed by atoms with Crippen LogP contribution in [0.3, 0.4) is 0 Å². The molecule has 2 atom stereocenters. The number of aromatic carboxylic acids is 1. The van der Waals surface area contributed by atoms with Gasteiger partial charge in [0.05, 0.1) is 16.7 Å². The van der Waals surface area contributed by atoms with Crippen LogP contribution in [0.4, 0.5) is 4.39 Å². The molecule has 21 heavy (non-hydrogen) atoms. The van der Waals surface area contributed by atoms with Gasteiger partial charge >= 0.3 is 5.97 Å². The first-order valence-corrected chi connectivity index (χ1v) is 6.44. The largest absolute Gasteiger partial charge is 0.478 e. The Labute approximate surface area is 125 Å². The van der Waals surface area contributed by atoms with Crippen molar-refractivity contribution < 1.29 is 29.3 Å². The molecule has 6 nitrogen and oxygen atoms in total. The number of benzene rings is 1. The van der Waals surface area contributed by atoms with Crippen LogP contribution in [-0.4, -0.2) is 39.8 Å². The van der Waals surface area contributed by atoms with Gasteiger partial charge in [0.2, 0.25) is 5.91 Å². The second kappa shape index (κ2) is 7.35. The van der Waals surface area contributed by atoms with E-state index in [0.717, 1.165) is 6.07 Å². The molecule has 0 fully saturated rings. The summed E-state index contributed by atoms with van der Waals surface area (Å²) in [7, 11) is 0. The molecule has 1 rings (SSSR count). The van der Waals surface area contributed by atoms with E-state index in [1.807, 2.05) is 0 Å². The lowest BCUT2D eigenvalue weighted by molar-refractivity contribution is -0.119. The number of carboxylic acid groups (broad SMARTS) is 1. The van der Waals surface area contributed by atoms with Crippen LogP contribution in [0.1, 0.15) is 35.4 Å². The molecule has 0 aliphatic carbocycles. The van der Waals surface area contributed by atoms with Gasteiger partial charge in [-0.25, -0.2) is 9.18 Å². The third kappa shape index (κ3) is 4.66. The van der Waals surface area contributed by atoms with Crippen LogP contribution in [0.5, 0.6) is 0 Å². The lowest BCUT2D eigenvalue weighted by atomic mass is 10.00. The highest BCUT2D eigenvalue weighted by Crippen LogP contribution is 2.27. The minimum absolute atomic E-state index is 0.00150. The first kappa shape index (κ1) is 17.4. The number of rotatable bonds is 6. The van der Waals surface area contributed by atoms with E-state index in [1.54, 1.807) is 0 Å². The number of nitrogens with one attached hydrogen (secondary N) is 1. The molecule has 116 valence electrons. The Bertz CT molecular complexity index is 552. The summed E-state index contributed by atoms with van der Waals surface area (Å²) >= 11 is 5.69. The Hall–Kier alpha value is -1.70. The molecule has 1 aromatic carbocycles. The predicted octanol–water partition coefficient (Wildman–Crippen LogP) is 1.10. The second-order valence-electron chi connectivity index (χ2n) is 4.44. The Morgan fingerprint density at radius 1 is 1.38 bits per heavy atom. The van der Waals surface area contributed by atoms with E-state index in [0.29, 0.717) is 6.07 Å². The fourth-order valence-corrected chi connectivity index (χ4v) is 1.97. The molecule has 1 aromatic rings. The van der Waals surface area contributed by atoms with Crippen molar-refractivity contribution in [2.45, 2.75) is 25.6 Å². The van der Waals surface area contributed by atoms with Gasteiger partial charge in [-0.15, -0.1) is 0 Å². The van der Waals surface area contributed by atoms with Crippen molar-refractivity contribution in [1.29, 1.82) is 0 Å². The summed E-state index contributed by atoms with van der Waals surface area (Å²) in [5, 5.41) is 30.6. The molecule has 0 spiro atoms. The van der Waals surface area contributed by atoms with Crippen LogP contribution >= 0.6 is 11.6 Å². The van der Waals surface area contributed by atoms with Crippen molar-refractivity contribution in [2.24, 2.45) is 0 Å². The fraction of sp³-hybridized carbons (Fsp3) is 0.385. The smallest absolute Gasteiger partial charge is 0.337 e. The molecule has 0 saturated heterocycles. The predicted molar refractivity (Wildman–Crippen MR) is 72.6 cm³/mol. The molecule has 1 amide bonds. The second-order valence-corrected chi connectivity index (χ2v) is 4.85. The summed E-state index contributed by atoms with van der Waals surface area (Å²) in [6.07, 6.45) is -2.92. The normalized spacial score (nSPS) is 13.6. The average Bonchev–Trinajstić information content (AvgIpc) is 2.39. The molecule has 0 saturated carbocycles. The van der Waals surface area contributed by atoms with Crippen LogP contribution < -0.4 is 5.32 Å². The topological polar surface area (TPSA) is 107 Å². The molecule has 0 aliphatic heterocycles. The van der Waals surface area contributed by atoms with Crippen LogP contribution in [-0.2, 0) is 4.79 Å². The molecule has 4 N–H and O–H groups in total. The van der Waals surface area contributed by atoms with E-state index in [9.17, 15) is 24.2 Å². The van der Waals surface area contributed by atoms with Gasteiger partial charge in [-0.2, -0.15) is 0 Å². The highest BCUT2D eigenvalue weighted by Gasteiger charge is 2.24. The minimum atomic E-state index is -1.58. The monoisotopic (exact) mass is 319 g/mol. The number of amides is 1.